The fourth-order valence-corrected chi connectivity index (χ4v) is 4.55. The highest BCUT2D eigenvalue weighted by molar-refractivity contribution is 8.18. The van der Waals surface area contributed by atoms with Crippen LogP contribution in [0.25, 0.3) is 6.08 Å². The molecule has 4 amide bonds. The minimum atomic E-state index is -0.635. The number of halogens is 2. The van der Waals surface area contributed by atoms with Crippen molar-refractivity contribution < 1.29 is 28.3 Å². The summed E-state index contributed by atoms with van der Waals surface area (Å²) in [7, 11) is 0. The van der Waals surface area contributed by atoms with Gasteiger partial charge in [-0.3, -0.25) is 24.1 Å². The van der Waals surface area contributed by atoms with Crippen molar-refractivity contribution in [2.24, 2.45) is 0 Å². The van der Waals surface area contributed by atoms with Crippen molar-refractivity contribution in [2.45, 2.75) is 13.8 Å². The van der Waals surface area contributed by atoms with Crippen LogP contribution in [0.5, 0.6) is 5.75 Å². The maximum Gasteiger partial charge on any atom is 0.294 e. The zero-order chi connectivity index (χ0) is 28.1. The van der Waals surface area contributed by atoms with Gasteiger partial charge in [-0.25, -0.2) is 4.39 Å². The Balaban J connectivity index is 1.31. The number of nitrogens with zero attached hydrogens (tertiary/aromatic N) is 1. The maximum atomic E-state index is 13.3. The zero-order valence-electron chi connectivity index (χ0n) is 20.9. The van der Waals surface area contributed by atoms with E-state index in [0.717, 1.165) is 22.1 Å². The molecule has 1 aliphatic rings. The minimum Gasteiger partial charge on any atom is -0.484 e. The molecule has 0 unspecified atom stereocenters. The van der Waals surface area contributed by atoms with Gasteiger partial charge >= 0.3 is 0 Å². The maximum absolute atomic E-state index is 13.3. The van der Waals surface area contributed by atoms with E-state index in [1.54, 1.807) is 24.3 Å². The van der Waals surface area contributed by atoms with Gasteiger partial charge in [0, 0.05) is 11.4 Å². The second kappa shape index (κ2) is 12.1. The summed E-state index contributed by atoms with van der Waals surface area (Å²) in [6, 6.07) is 15.9. The van der Waals surface area contributed by atoms with Crippen molar-refractivity contribution in [3.8, 4) is 5.75 Å². The highest BCUT2D eigenvalue weighted by Crippen LogP contribution is 2.32. The molecule has 1 heterocycles. The first-order valence-electron chi connectivity index (χ1n) is 11.7. The summed E-state index contributed by atoms with van der Waals surface area (Å²) in [5.41, 5.74) is 3.75. The van der Waals surface area contributed by atoms with Crippen molar-refractivity contribution in [1.82, 2.24) is 4.90 Å². The van der Waals surface area contributed by atoms with E-state index in [4.69, 9.17) is 16.3 Å². The highest BCUT2D eigenvalue weighted by Gasteiger charge is 2.36. The quantitative estimate of drug-likeness (QED) is 0.334. The molecule has 0 radical (unpaired) electrons. The molecular formula is C28H23ClFN3O5S. The van der Waals surface area contributed by atoms with Crippen LogP contribution in [0.3, 0.4) is 0 Å². The monoisotopic (exact) mass is 567 g/mol. The summed E-state index contributed by atoms with van der Waals surface area (Å²) < 4.78 is 18.8. The number of benzene rings is 3. The van der Waals surface area contributed by atoms with Gasteiger partial charge in [0.05, 0.1) is 9.93 Å². The van der Waals surface area contributed by atoms with Crippen LogP contribution in [0.4, 0.5) is 20.6 Å². The molecule has 0 saturated carbocycles. The Morgan fingerprint density at radius 2 is 1.62 bits per heavy atom. The van der Waals surface area contributed by atoms with E-state index in [9.17, 15) is 23.6 Å². The summed E-state index contributed by atoms with van der Waals surface area (Å²) in [5.74, 6) is -1.73. The minimum absolute atomic E-state index is 0.152. The smallest absolute Gasteiger partial charge is 0.294 e. The van der Waals surface area contributed by atoms with Crippen LogP contribution in [0.1, 0.15) is 16.7 Å². The van der Waals surface area contributed by atoms with E-state index >= 15 is 0 Å². The van der Waals surface area contributed by atoms with E-state index in [2.05, 4.69) is 10.6 Å². The summed E-state index contributed by atoms with van der Waals surface area (Å²) in [6.07, 6.45) is 1.53. The zero-order valence-corrected chi connectivity index (χ0v) is 22.5. The van der Waals surface area contributed by atoms with Gasteiger partial charge < -0.3 is 15.4 Å². The van der Waals surface area contributed by atoms with Gasteiger partial charge in [0.15, 0.2) is 6.61 Å². The van der Waals surface area contributed by atoms with Crippen molar-refractivity contribution in [3.63, 3.8) is 0 Å². The van der Waals surface area contributed by atoms with Crippen molar-refractivity contribution in [2.75, 3.05) is 23.8 Å². The molecule has 0 atom stereocenters. The van der Waals surface area contributed by atoms with Gasteiger partial charge in [0.25, 0.3) is 17.1 Å². The molecule has 3 aromatic carbocycles. The number of aryl methyl sites for hydroxylation is 2. The van der Waals surface area contributed by atoms with Gasteiger partial charge in [-0.2, -0.15) is 0 Å². The van der Waals surface area contributed by atoms with Gasteiger partial charge in [-0.1, -0.05) is 29.8 Å². The molecule has 1 aliphatic heterocycles. The molecule has 200 valence electrons. The third kappa shape index (κ3) is 7.24. The van der Waals surface area contributed by atoms with E-state index in [0.29, 0.717) is 28.8 Å². The van der Waals surface area contributed by atoms with Crippen LogP contribution in [-0.4, -0.2) is 41.0 Å². The van der Waals surface area contributed by atoms with Gasteiger partial charge in [0.2, 0.25) is 5.91 Å². The van der Waals surface area contributed by atoms with Gasteiger partial charge in [-0.15, -0.1) is 0 Å². The number of thioether (sulfide) groups is 1. The first kappa shape index (κ1) is 27.9. The Hall–Kier alpha value is -4.15. The van der Waals surface area contributed by atoms with Crippen molar-refractivity contribution >= 4 is 63.8 Å². The van der Waals surface area contributed by atoms with E-state index in [1.165, 1.54) is 18.2 Å². The summed E-state index contributed by atoms with van der Waals surface area (Å²) in [5, 5.41) is 4.51. The van der Waals surface area contributed by atoms with Crippen LogP contribution >= 0.6 is 23.4 Å². The predicted molar refractivity (Wildman–Crippen MR) is 149 cm³/mol. The van der Waals surface area contributed by atoms with Crippen LogP contribution in [-0.2, 0) is 14.4 Å². The van der Waals surface area contributed by atoms with Crippen LogP contribution in [0.15, 0.2) is 65.6 Å². The normalized spacial score (nSPS) is 14.1. The number of carbonyl (C=O) groups excluding carboxylic acids is 4. The number of anilines is 2. The number of imide groups is 1. The van der Waals surface area contributed by atoms with E-state index < -0.39 is 29.4 Å². The molecule has 1 saturated heterocycles. The van der Waals surface area contributed by atoms with Crippen molar-refractivity contribution in [3.05, 3.63) is 93.1 Å². The van der Waals surface area contributed by atoms with Crippen LogP contribution in [0.2, 0.25) is 5.02 Å². The lowest BCUT2D eigenvalue weighted by molar-refractivity contribution is -0.127. The molecule has 0 spiro atoms. The molecule has 3 aromatic rings. The fourth-order valence-electron chi connectivity index (χ4n) is 3.53. The second-order valence-corrected chi connectivity index (χ2v) is 10.1. The molecule has 0 bridgehead atoms. The summed E-state index contributed by atoms with van der Waals surface area (Å²) in [6.45, 7) is 3.27. The van der Waals surface area contributed by atoms with Gasteiger partial charge in [0.1, 0.15) is 18.1 Å². The molecule has 2 N–H and O–H groups in total. The standard InChI is InChI=1S/C28H23ClFN3O5S/c1-16-3-6-19(11-17(16)2)32-26(35)15-38-21-8-4-18(5-9-21)12-24-27(36)33(28(37)39-24)14-25(34)31-20-7-10-23(30)22(29)13-20/h3-13H,14-15H2,1-2H3,(H,31,34)(H,32,35)/b24-12-. The number of nitrogens with one attached hydrogen (secondary N) is 2. The lowest BCUT2D eigenvalue weighted by Gasteiger charge is -2.12. The topological polar surface area (TPSA) is 105 Å². The molecular weight excluding hydrogens is 545 g/mol. The molecule has 39 heavy (non-hydrogen) atoms. The number of amides is 4. The molecule has 8 nitrogen and oxygen atoms in total. The Kier molecular flexibility index (Phi) is 8.68. The highest BCUT2D eigenvalue weighted by atomic mass is 35.5. The first-order valence-corrected chi connectivity index (χ1v) is 12.9. The third-order valence-corrected chi connectivity index (χ3v) is 6.91. The number of ether oxygens (including phenoxy) is 1. The molecule has 11 heteroatoms. The Morgan fingerprint density at radius 3 is 2.31 bits per heavy atom. The SMILES string of the molecule is Cc1ccc(NC(=O)COc2ccc(/C=C3\SC(=O)N(CC(=O)Nc4ccc(F)c(Cl)c4)C3=O)cc2)cc1C. The Morgan fingerprint density at radius 1 is 0.949 bits per heavy atom. The lowest BCUT2D eigenvalue weighted by Crippen LogP contribution is -2.36. The third-order valence-electron chi connectivity index (χ3n) is 5.72. The van der Waals surface area contributed by atoms with E-state index in [-0.39, 0.29) is 28.1 Å². The number of rotatable bonds is 8. The number of carbonyl (C=O) groups is 4. The average molecular weight is 568 g/mol. The van der Waals surface area contributed by atoms with Crippen LogP contribution < -0.4 is 15.4 Å². The Bertz CT molecular complexity index is 1490. The lowest BCUT2D eigenvalue weighted by atomic mass is 10.1. The van der Waals surface area contributed by atoms with Gasteiger partial charge in [-0.05, 0) is 90.8 Å². The van der Waals surface area contributed by atoms with E-state index in [1.807, 2.05) is 32.0 Å². The predicted octanol–water partition coefficient (Wildman–Crippen LogP) is 5.79. The second-order valence-electron chi connectivity index (χ2n) is 8.65. The fraction of sp³-hybridized carbons (Fsp3) is 0.143. The Labute approximate surface area is 233 Å². The molecule has 0 aromatic heterocycles. The molecule has 4 rings (SSSR count). The number of hydrogen-bond donors (Lipinski definition) is 2. The largest absolute Gasteiger partial charge is 0.484 e. The van der Waals surface area contributed by atoms with Crippen LogP contribution in [0, 0.1) is 19.7 Å². The van der Waals surface area contributed by atoms with Crippen molar-refractivity contribution in [1.29, 1.82) is 0 Å². The molecule has 0 aliphatic carbocycles. The number of hydrogen-bond acceptors (Lipinski definition) is 6. The first-order chi connectivity index (χ1) is 18.6. The summed E-state index contributed by atoms with van der Waals surface area (Å²) in [4.78, 5) is 50.6. The molecule has 1 fully saturated rings. The average Bonchev–Trinajstić information content (AvgIpc) is 3.15. The summed E-state index contributed by atoms with van der Waals surface area (Å²) >= 11 is 6.42.